The number of hydrogen-bond donors (Lipinski definition) is 1. The molecule has 0 aliphatic rings. The molecule has 6 nitrogen and oxygen atoms in total. The van der Waals surface area contributed by atoms with Crippen molar-refractivity contribution in [2.24, 2.45) is 0 Å². The summed E-state index contributed by atoms with van der Waals surface area (Å²) in [5.41, 5.74) is -0.911. The number of carbonyl (C=O) groups is 2. The van der Waals surface area contributed by atoms with Crippen LogP contribution in [-0.4, -0.2) is 23.5 Å². The van der Waals surface area contributed by atoms with Gasteiger partial charge < -0.3 is 14.8 Å². The largest absolute Gasteiger partial charge is 0.457 e. The van der Waals surface area contributed by atoms with E-state index in [1.54, 1.807) is 36.4 Å². The summed E-state index contributed by atoms with van der Waals surface area (Å²) in [6, 6.07) is 15.7. The molecule has 0 unspecified atom stereocenters. The fourth-order valence-electron chi connectivity index (χ4n) is 2.38. The number of carbonyl (C=O) groups excluding carboxylic acids is 2. The van der Waals surface area contributed by atoms with Crippen LogP contribution < -0.4 is 10.1 Å². The van der Waals surface area contributed by atoms with E-state index in [0.29, 0.717) is 23.8 Å². The fourth-order valence-corrected chi connectivity index (χ4v) is 2.59. The molecule has 160 valence electrons. The highest BCUT2D eigenvalue weighted by atomic mass is 35.5. The van der Waals surface area contributed by atoms with Crippen LogP contribution in [0.1, 0.15) is 15.9 Å². The first kappa shape index (κ1) is 22.1. The van der Waals surface area contributed by atoms with Crippen LogP contribution in [0.5, 0.6) is 11.5 Å². The van der Waals surface area contributed by atoms with Crippen molar-refractivity contribution < 1.29 is 32.2 Å². The molecule has 0 saturated heterocycles. The molecule has 1 aromatic heterocycles. The maximum Gasteiger partial charge on any atom is 0.417 e. The standard InChI is InChI=1S/C21H14ClF3N2O4/c22-17-10-14(21(23,24)25)11-26-19(17)27-18(28)12-30-20(29)13-5-4-8-16(9-13)31-15-6-2-1-3-7-15/h1-11H,12H2,(H,26,27,28). The molecule has 10 heteroatoms. The van der Waals surface area contributed by atoms with E-state index in [2.05, 4.69) is 10.3 Å². The molecule has 1 N–H and O–H groups in total. The number of ether oxygens (including phenoxy) is 2. The number of benzene rings is 2. The van der Waals surface area contributed by atoms with Crippen molar-refractivity contribution in [3.8, 4) is 11.5 Å². The maximum atomic E-state index is 12.6. The summed E-state index contributed by atoms with van der Waals surface area (Å²) < 4.78 is 48.5. The number of nitrogens with zero attached hydrogens (tertiary/aromatic N) is 1. The van der Waals surface area contributed by atoms with Gasteiger partial charge in [0, 0.05) is 6.20 Å². The molecule has 0 aliphatic heterocycles. The summed E-state index contributed by atoms with van der Waals surface area (Å²) in [7, 11) is 0. The zero-order chi connectivity index (χ0) is 22.4. The molecule has 1 heterocycles. The van der Waals surface area contributed by atoms with Crippen molar-refractivity contribution in [1.29, 1.82) is 0 Å². The normalized spacial score (nSPS) is 11.0. The molecule has 2 aromatic carbocycles. The molecular weight excluding hydrogens is 437 g/mol. The Hall–Kier alpha value is -3.59. The lowest BCUT2D eigenvalue weighted by atomic mass is 10.2. The third kappa shape index (κ3) is 6.19. The number of alkyl halides is 3. The highest BCUT2D eigenvalue weighted by molar-refractivity contribution is 6.33. The number of nitrogens with one attached hydrogen (secondary N) is 1. The number of anilines is 1. The van der Waals surface area contributed by atoms with Gasteiger partial charge in [0.25, 0.3) is 5.91 Å². The second-order valence-electron chi connectivity index (χ2n) is 6.12. The topological polar surface area (TPSA) is 77.5 Å². The Bertz CT molecular complexity index is 1090. The van der Waals surface area contributed by atoms with Gasteiger partial charge in [0.1, 0.15) is 11.5 Å². The molecule has 0 fully saturated rings. The smallest absolute Gasteiger partial charge is 0.417 e. The summed E-state index contributed by atoms with van der Waals surface area (Å²) in [6.07, 6.45) is -4.08. The number of halogens is 4. The van der Waals surface area contributed by atoms with Crippen molar-refractivity contribution in [2.75, 3.05) is 11.9 Å². The van der Waals surface area contributed by atoms with Crippen molar-refractivity contribution in [2.45, 2.75) is 6.18 Å². The minimum Gasteiger partial charge on any atom is -0.457 e. The van der Waals surface area contributed by atoms with Crippen LogP contribution in [0.25, 0.3) is 0 Å². The average molecular weight is 451 g/mol. The van der Waals surface area contributed by atoms with Crippen LogP contribution in [0, 0.1) is 0 Å². The van der Waals surface area contributed by atoms with E-state index in [-0.39, 0.29) is 11.4 Å². The summed E-state index contributed by atoms with van der Waals surface area (Å²) >= 11 is 5.72. The highest BCUT2D eigenvalue weighted by Gasteiger charge is 2.31. The van der Waals surface area contributed by atoms with Crippen molar-refractivity contribution in [3.63, 3.8) is 0 Å². The number of amides is 1. The van der Waals surface area contributed by atoms with E-state index < -0.39 is 35.2 Å². The van der Waals surface area contributed by atoms with E-state index >= 15 is 0 Å². The lowest BCUT2D eigenvalue weighted by Crippen LogP contribution is -2.22. The summed E-state index contributed by atoms with van der Waals surface area (Å²) in [4.78, 5) is 27.6. The van der Waals surface area contributed by atoms with Gasteiger partial charge in [-0.1, -0.05) is 35.9 Å². The van der Waals surface area contributed by atoms with E-state index in [1.807, 2.05) is 6.07 Å². The first-order valence-electron chi connectivity index (χ1n) is 8.75. The lowest BCUT2D eigenvalue weighted by Gasteiger charge is -2.10. The van der Waals surface area contributed by atoms with Gasteiger partial charge in [-0.2, -0.15) is 13.2 Å². The van der Waals surface area contributed by atoms with E-state index in [9.17, 15) is 22.8 Å². The zero-order valence-corrected chi connectivity index (χ0v) is 16.4. The second-order valence-corrected chi connectivity index (χ2v) is 6.53. The SMILES string of the molecule is O=C(COC(=O)c1cccc(Oc2ccccc2)c1)Nc1ncc(C(F)(F)F)cc1Cl. The molecule has 31 heavy (non-hydrogen) atoms. The molecule has 0 aliphatic carbocycles. The number of aromatic nitrogens is 1. The van der Waals surface area contributed by atoms with Gasteiger partial charge in [0.15, 0.2) is 12.4 Å². The van der Waals surface area contributed by atoms with Crippen LogP contribution in [-0.2, 0) is 15.7 Å². The van der Waals surface area contributed by atoms with Gasteiger partial charge in [0.05, 0.1) is 16.1 Å². The molecular formula is C21H14ClF3N2O4. The molecule has 3 aromatic rings. The van der Waals surface area contributed by atoms with Crippen LogP contribution in [0.4, 0.5) is 19.0 Å². The zero-order valence-electron chi connectivity index (χ0n) is 15.7. The van der Waals surface area contributed by atoms with Gasteiger partial charge in [-0.3, -0.25) is 4.79 Å². The highest BCUT2D eigenvalue weighted by Crippen LogP contribution is 2.32. The third-order valence-electron chi connectivity index (χ3n) is 3.81. The molecule has 0 bridgehead atoms. The summed E-state index contributed by atoms with van der Waals surface area (Å²) in [5.74, 6) is -0.924. The Morgan fingerprint density at radius 1 is 1.00 bits per heavy atom. The minimum atomic E-state index is -4.62. The van der Waals surface area contributed by atoms with Gasteiger partial charge in [-0.15, -0.1) is 0 Å². The average Bonchev–Trinajstić information content (AvgIpc) is 2.73. The number of esters is 1. The van der Waals surface area contributed by atoms with Gasteiger partial charge in [-0.25, -0.2) is 9.78 Å². The quantitative estimate of drug-likeness (QED) is 0.513. The predicted molar refractivity (Wildman–Crippen MR) is 106 cm³/mol. The van der Waals surface area contributed by atoms with Crippen LogP contribution in [0.2, 0.25) is 5.02 Å². The van der Waals surface area contributed by atoms with Gasteiger partial charge >= 0.3 is 12.1 Å². The summed E-state index contributed by atoms with van der Waals surface area (Å²) in [5, 5.41) is 1.79. The molecule has 1 amide bonds. The monoisotopic (exact) mass is 450 g/mol. The van der Waals surface area contributed by atoms with Crippen LogP contribution in [0.3, 0.4) is 0 Å². The number of hydrogen-bond acceptors (Lipinski definition) is 5. The fraction of sp³-hybridized carbons (Fsp3) is 0.0952. The van der Waals surface area contributed by atoms with Gasteiger partial charge in [0.2, 0.25) is 0 Å². The number of rotatable bonds is 6. The Balaban J connectivity index is 1.57. The third-order valence-corrected chi connectivity index (χ3v) is 4.10. The Morgan fingerprint density at radius 2 is 1.71 bits per heavy atom. The Labute approximate surface area is 179 Å². The van der Waals surface area contributed by atoms with E-state index in [4.69, 9.17) is 21.1 Å². The van der Waals surface area contributed by atoms with E-state index in [0.717, 1.165) is 0 Å². The molecule has 3 rings (SSSR count). The molecule has 0 saturated carbocycles. The van der Waals surface area contributed by atoms with Crippen LogP contribution >= 0.6 is 11.6 Å². The minimum absolute atomic E-state index is 0.145. The molecule has 0 spiro atoms. The first-order chi connectivity index (χ1) is 14.7. The van der Waals surface area contributed by atoms with Crippen molar-refractivity contribution in [1.82, 2.24) is 4.98 Å². The van der Waals surface area contributed by atoms with Gasteiger partial charge in [-0.05, 0) is 36.4 Å². The number of pyridine rings is 1. The van der Waals surface area contributed by atoms with Crippen LogP contribution in [0.15, 0.2) is 66.9 Å². The van der Waals surface area contributed by atoms with Crippen molar-refractivity contribution >= 4 is 29.3 Å². The lowest BCUT2D eigenvalue weighted by molar-refractivity contribution is -0.137. The molecule has 0 radical (unpaired) electrons. The Kier molecular flexibility index (Phi) is 6.76. The number of para-hydroxylation sites is 1. The first-order valence-corrected chi connectivity index (χ1v) is 9.13. The molecule has 0 atom stereocenters. The van der Waals surface area contributed by atoms with E-state index in [1.165, 1.54) is 12.1 Å². The summed E-state index contributed by atoms with van der Waals surface area (Å²) in [6.45, 7) is -0.693. The van der Waals surface area contributed by atoms with Crippen molar-refractivity contribution in [3.05, 3.63) is 83.0 Å². The Morgan fingerprint density at radius 3 is 2.39 bits per heavy atom. The maximum absolute atomic E-state index is 12.6. The predicted octanol–water partition coefficient (Wildman–Crippen LogP) is 5.34. The second kappa shape index (κ2) is 9.48.